The maximum absolute atomic E-state index is 12.1. The molecule has 0 radical (unpaired) electrons. The fourth-order valence-corrected chi connectivity index (χ4v) is 1.93. The lowest BCUT2D eigenvalue weighted by molar-refractivity contribution is 0.0992. The molecule has 0 aliphatic carbocycles. The third-order valence-electron chi connectivity index (χ3n) is 2.29. The summed E-state index contributed by atoms with van der Waals surface area (Å²) in [5.74, 6) is 0.473. The number of pyridine rings is 2. The molecule has 17 heavy (non-hydrogen) atoms. The van der Waals surface area contributed by atoms with Crippen LogP contribution in [0.15, 0.2) is 47.3 Å². The molecule has 0 bridgehead atoms. The number of halogens is 1. The van der Waals surface area contributed by atoms with Gasteiger partial charge < -0.3 is 0 Å². The summed E-state index contributed by atoms with van der Waals surface area (Å²) < 4.78 is 0.782. The van der Waals surface area contributed by atoms with Crippen LogP contribution in [0.3, 0.4) is 0 Å². The molecule has 2 heterocycles. The summed E-state index contributed by atoms with van der Waals surface area (Å²) in [6.45, 7) is 0. The van der Waals surface area contributed by atoms with E-state index in [1.807, 2.05) is 6.07 Å². The fraction of sp³-hybridized carbons (Fsp3) is 0.0833. The minimum Gasteiger partial charge on any atom is -0.295 e. The SMILES string of the molecule is CN(C(=O)c1ccncc1)c1ncccc1Br. The Balaban J connectivity index is 2.30. The smallest absolute Gasteiger partial charge is 0.259 e. The fourth-order valence-electron chi connectivity index (χ4n) is 1.41. The molecule has 1 amide bonds. The Kier molecular flexibility index (Phi) is 3.49. The average molecular weight is 292 g/mol. The van der Waals surface area contributed by atoms with Crippen molar-refractivity contribution in [2.24, 2.45) is 0 Å². The standard InChI is InChI=1S/C12H10BrN3O/c1-16(11-10(13)3-2-6-15-11)12(17)9-4-7-14-8-5-9/h2-8H,1H3. The Hall–Kier alpha value is -1.75. The zero-order valence-electron chi connectivity index (χ0n) is 9.17. The van der Waals surface area contributed by atoms with Gasteiger partial charge >= 0.3 is 0 Å². The molecule has 0 aliphatic rings. The van der Waals surface area contributed by atoms with Crippen LogP contribution in [0, 0.1) is 0 Å². The summed E-state index contributed by atoms with van der Waals surface area (Å²) in [5.41, 5.74) is 0.583. The Morgan fingerprint density at radius 1 is 1.24 bits per heavy atom. The van der Waals surface area contributed by atoms with Crippen molar-refractivity contribution in [2.75, 3.05) is 11.9 Å². The highest BCUT2D eigenvalue weighted by Crippen LogP contribution is 2.22. The number of nitrogens with zero attached hydrogens (tertiary/aromatic N) is 3. The van der Waals surface area contributed by atoms with E-state index in [1.165, 1.54) is 4.90 Å². The van der Waals surface area contributed by atoms with Crippen molar-refractivity contribution >= 4 is 27.7 Å². The summed E-state index contributed by atoms with van der Waals surface area (Å²) in [6, 6.07) is 7.00. The van der Waals surface area contributed by atoms with Crippen LogP contribution < -0.4 is 4.90 Å². The third kappa shape index (κ3) is 2.50. The molecule has 0 fully saturated rings. The van der Waals surface area contributed by atoms with Crippen LogP contribution in [0.2, 0.25) is 0 Å². The third-order valence-corrected chi connectivity index (χ3v) is 2.91. The van der Waals surface area contributed by atoms with Crippen LogP contribution in [-0.2, 0) is 0 Å². The first-order valence-corrected chi connectivity index (χ1v) is 5.78. The molecular weight excluding hydrogens is 282 g/mol. The highest BCUT2D eigenvalue weighted by atomic mass is 79.9. The molecule has 5 heteroatoms. The number of rotatable bonds is 2. The Labute approximate surface area is 107 Å². The van der Waals surface area contributed by atoms with Gasteiger partial charge in [-0.15, -0.1) is 0 Å². The summed E-state index contributed by atoms with van der Waals surface area (Å²) in [4.78, 5) is 21.7. The lowest BCUT2D eigenvalue weighted by Crippen LogP contribution is -2.27. The zero-order chi connectivity index (χ0) is 12.3. The Morgan fingerprint density at radius 3 is 2.59 bits per heavy atom. The molecule has 0 aliphatic heterocycles. The number of hydrogen-bond donors (Lipinski definition) is 0. The molecule has 0 saturated carbocycles. The number of carbonyl (C=O) groups excluding carboxylic acids is 1. The van der Waals surface area contributed by atoms with Crippen LogP contribution in [0.25, 0.3) is 0 Å². The lowest BCUT2D eigenvalue weighted by Gasteiger charge is -2.17. The van der Waals surface area contributed by atoms with E-state index in [0.717, 1.165) is 4.47 Å². The van der Waals surface area contributed by atoms with Gasteiger partial charge in [0.05, 0.1) is 4.47 Å². The maximum atomic E-state index is 12.1. The van der Waals surface area contributed by atoms with Crippen molar-refractivity contribution in [3.05, 3.63) is 52.9 Å². The monoisotopic (exact) mass is 291 g/mol. The predicted octanol–water partition coefficient (Wildman–Crippen LogP) is 2.52. The number of carbonyl (C=O) groups is 1. The van der Waals surface area contributed by atoms with Crippen molar-refractivity contribution in [1.82, 2.24) is 9.97 Å². The van der Waals surface area contributed by atoms with Gasteiger partial charge in [-0.2, -0.15) is 0 Å². The van der Waals surface area contributed by atoms with Crippen molar-refractivity contribution in [3.8, 4) is 0 Å². The van der Waals surface area contributed by atoms with Gasteiger partial charge in [0.2, 0.25) is 0 Å². The van der Waals surface area contributed by atoms with E-state index in [9.17, 15) is 4.79 Å². The average Bonchev–Trinajstić information content (AvgIpc) is 2.39. The van der Waals surface area contributed by atoms with Gasteiger partial charge in [-0.25, -0.2) is 4.98 Å². The molecule has 0 atom stereocenters. The van der Waals surface area contributed by atoms with Gasteiger partial charge in [0.1, 0.15) is 5.82 Å². The molecular formula is C12H10BrN3O. The molecule has 2 rings (SSSR count). The van der Waals surface area contributed by atoms with Gasteiger partial charge in [0.15, 0.2) is 0 Å². The quantitative estimate of drug-likeness (QED) is 0.854. The molecule has 4 nitrogen and oxygen atoms in total. The van der Waals surface area contributed by atoms with Gasteiger partial charge in [0, 0.05) is 31.2 Å². The predicted molar refractivity (Wildman–Crippen MR) is 68.9 cm³/mol. The first kappa shape index (κ1) is 11.7. The molecule has 0 saturated heterocycles. The molecule has 2 aromatic heterocycles. The molecule has 0 aromatic carbocycles. The second-order valence-corrected chi connectivity index (χ2v) is 4.26. The van der Waals surface area contributed by atoms with Crippen LogP contribution in [0.1, 0.15) is 10.4 Å². The van der Waals surface area contributed by atoms with E-state index in [0.29, 0.717) is 11.4 Å². The molecule has 0 N–H and O–H groups in total. The van der Waals surface area contributed by atoms with Gasteiger partial charge in [-0.1, -0.05) is 0 Å². The number of hydrogen-bond acceptors (Lipinski definition) is 3. The van der Waals surface area contributed by atoms with Crippen LogP contribution in [-0.4, -0.2) is 22.9 Å². The maximum Gasteiger partial charge on any atom is 0.259 e. The van der Waals surface area contributed by atoms with Crippen LogP contribution >= 0.6 is 15.9 Å². The molecule has 2 aromatic rings. The van der Waals surface area contributed by atoms with Crippen LogP contribution in [0.4, 0.5) is 5.82 Å². The normalized spacial score (nSPS) is 10.0. The topological polar surface area (TPSA) is 46.1 Å². The van der Waals surface area contributed by atoms with Gasteiger partial charge in [-0.05, 0) is 40.2 Å². The first-order valence-electron chi connectivity index (χ1n) is 4.99. The van der Waals surface area contributed by atoms with Crippen molar-refractivity contribution < 1.29 is 4.79 Å². The van der Waals surface area contributed by atoms with E-state index < -0.39 is 0 Å². The van der Waals surface area contributed by atoms with Crippen molar-refractivity contribution in [1.29, 1.82) is 0 Å². The van der Waals surface area contributed by atoms with Crippen molar-refractivity contribution in [3.63, 3.8) is 0 Å². The second kappa shape index (κ2) is 5.05. The number of anilines is 1. The second-order valence-electron chi connectivity index (χ2n) is 3.41. The minimum atomic E-state index is -0.119. The van der Waals surface area contributed by atoms with E-state index in [-0.39, 0.29) is 5.91 Å². The van der Waals surface area contributed by atoms with Crippen LogP contribution in [0.5, 0.6) is 0 Å². The van der Waals surface area contributed by atoms with Gasteiger partial charge in [-0.3, -0.25) is 14.7 Å². The number of aromatic nitrogens is 2. The van der Waals surface area contributed by atoms with E-state index >= 15 is 0 Å². The van der Waals surface area contributed by atoms with Gasteiger partial charge in [0.25, 0.3) is 5.91 Å². The Bertz CT molecular complexity index is 530. The minimum absolute atomic E-state index is 0.119. The molecule has 0 unspecified atom stereocenters. The molecule has 86 valence electrons. The van der Waals surface area contributed by atoms with E-state index in [4.69, 9.17) is 0 Å². The largest absolute Gasteiger partial charge is 0.295 e. The summed E-state index contributed by atoms with van der Waals surface area (Å²) in [7, 11) is 1.69. The number of amides is 1. The zero-order valence-corrected chi connectivity index (χ0v) is 10.8. The highest BCUT2D eigenvalue weighted by molar-refractivity contribution is 9.10. The first-order chi connectivity index (χ1) is 8.20. The van der Waals surface area contributed by atoms with E-state index in [2.05, 4.69) is 25.9 Å². The molecule has 0 spiro atoms. The summed E-state index contributed by atoms with van der Waals surface area (Å²) in [6.07, 6.45) is 4.83. The lowest BCUT2D eigenvalue weighted by atomic mass is 10.2. The summed E-state index contributed by atoms with van der Waals surface area (Å²) in [5, 5.41) is 0. The van der Waals surface area contributed by atoms with Crippen molar-refractivity contribution in [2.45, 2.75) is 0 Å². The summed E-state index contributed by atoms with van der Waals surface area (Å²) >= 11 is 3.37. The van der Waals surface area contributed by atoms with E-state index in [1.54, 1.807) is 43.8 Å². The Morgan fingerprint density at radius 2 is 1.94 bits per heavy atom. The highest BCUT2D eigenvalue weighted by Gasteiger charge is 2.16.